The Morgan fingerprint density at radius 1 is 1.35 bits per heavy atom. The van der Waals surface area contributed by atoms with Crippen molar-refractivity contribution in [2.24, 2.45) is 5.92 Å². The Labute approximate surface area is 140 Å². The lowest BCUT2D eigenvalue weighted by molar-refractivity contribution is -0.133. The monoisotopic (exact) mass is 340 g/mol. The molecule has 1 aliphatic carbocycles. The Morgan fingerprint density at radius 3 is 2.65 bits per heavy atom. The first-order valence-electron chi connectivity index (χ1n) is 8.17. The number of piperidine rings is 1. The first-order valence-corrected chi connectivity index (χ1v) is 8.55. The molecule has 1 aromatic rings. The number of likely N-dealkylation sites (tertiary alicyclic amines) is 1. The molecule has 1 amide bonds. The van der Waals surface area contributed by atoms with E-state index in [9.17, 15) is 14.3 Å². The van der Waals surface area contributed by atoms with Crippen molar-refractivity contribution in [3.8, 4) is 0 Å². The molecule has 0 bridgehead atoms. The van der Waals surface area contributed by atoms with Crippen LogP contribution in [0.1, 0.15) is 31.2 Å². The third-order valence-electron chi connectivity index (χ3n) is 4.68. The highest BCUT2D eigenvalue weighted by molar-refractivity contribution is 6.31. The average Bonchev–Trinajstić information content (AvgIpc) is 3.34. The van der Waals surface area contributed by atoms with Crippen molar-refractivity contribution in [3.05, 3.63) is 34.6 Å². The second kappa shape index (κ2) is 7.16. The maximum Gasteiger partial charge on any atom is 0.249 e. The van der Waals surface area contributed by atoms with E-state index in [1.54, 1.807) is 6.07 Å². The molecule has 23 heavy (non-hydrogen) atoms. The van der Waals surface area contributed by atoms with E-state index in [0.29, 0.717) is 11.6 Å². The Kier molecular flexibility index (Phi) is 5.19. The number of rotatable bonds is 5. The minimum Gasteiger partial charge on any atom is -0.383 e. The number of nitrogens with zero attached hydrogens (tertiary/aromatic N) is 1. The van der Waals surface area contributed by atoms with Crippen LogP contribution in [0, 0.1) is 11.7 Å². The number of halogens is 2. The maximum atomic E-state index is 13.1. The zero-order valence-corrected chi connectivity index (χ0v) is 13.7. The molecule has 1 saturated carbocycles. The molecule has 126 valence electrons. The number of carbonyl (C=O) groups excluding carboxylic acids is 1. The number of hydrogen-bond acceptors (Lipinski definition) is 3. The van der Waals surface area contributed by atoms with E-state index in [4.69, 9.17) is 11.6 Å². The standard InChI is InChI=1S/C17H22ClFN2O2/c18-15-9-13(19)2-1-12(15)10-21-7-5-11(6-8-21)16(22)17(23)20-14-3-4-14/h1-2,9,11,14,16,22H,3-8,10H2,(H,20,23)/t16-/m1/s1. The van der Waals surface area contributed by atoms with Crippen LogP contribution in [0.25, 0.3) is 0 Å². The van der Waals surface area contributed by atoms with Crippen LogP contribution in [-0.4, -0.2) is 41.1 Å². The fraction of sp³-hybridized carbons (Fsp3) is 0.588. The number of aliphatic hydroxyl groups excluding tert-OH is 1. The lowest BCUT2D eigenvalue weighted by Crippen LogP contribution is -2.44. The largest absolute Gasteiger partial charge is 0.383 e. The van der Waals surface area contributed by atoms with Crippen LogP contribution in [0.5, 0.6) is 0 Å². The summed E-state index contributed by atoms with van der Waals surface area (Å²) in [5.74, 6) is -0.552. The number of amides is 1. The molecule has 2 N–H and O–H groups in total. The summed E-state index contributed by atoms with van der Waals surface area (Å²) >= 11 is 6.06. The van der Waals surface area contributed by atoms with Gasteiger partial charge >= 0.3 is 0 Å². The van der Waals surface area contributed by atoms with Gasteiger partial charge in [0.15, 0.2) is 0 Å². The van der Waals surface area contributed by atoms with Crippen molar-refractivity contribution >= 4 is 17.5 Å². The summed E-state index contributed by atoms with van der Waals surface area (Å²) in [5.41, 5.74) is 0.901. The van der Waals surface area contributed by atoms with Crippen LogP contribution < -0.4 is 5.32 Å². The minimum absolute atomic E-state index is 0.00805. The van der Waals surface area contributed by atoms with Crippen molar-refractivity contribution in [2.75, 3.05) is 13.1 Å². The van der Waals surface area contributed by atoms with Crippen molar-refractivity contribution in [1.29, 1.82) is 0 Å². The first kappa shape index (κ1) is 16.7. The normalized spacial score (nSPS) is 21.2. The van der Waals surface area contributed by atoms with Crippen LogP contribution >= 0.6 is 11.6 Å². The molecule has 1 heterocycles. The molecule has 1 atom stereocenters. The third kappa shape index (κ3) is 4.43. The van der Waals surface area contributed by atoms with Gasteiger partial charge in [0.25, 0.3) is 0 Å². The second-order valence-corrected chi connectivity index (χ2v) is 6.98. The molecule has 2 fully saturated rings. The topological polar surface area (TPSA) is 52.6 Å². The minimum atomic E-state index is -0.910. The summed E-state index contributed by atoms with van der Waals surface area (Å²) in [5, 5.41) is 13.5. The highest BCUT2D eigenvalue weighted by Gasteiger charge is 2.33. The summed E-state index contributed by atoms with van der Waals surface area (Å²) in [6.07, 6.45) is 2.69. The summed E-state index contributed by atoms with van der Waals surface area (Å²) in [6, 6.07) is 4.73. The molecular weight excluding hydrogens is 319 g/mol. The van der Waals surface area contributed by atoms with Gasteiger partial charge in [-0.2, -0.15) is 0 Å². The number of aliphatic hydroxyl groups is 1. The van der Waals surface area contributed by atoms with Gasteiger partial charge in [0.05, 0.1) is 0 Å². The quantitative estimate of drug-likeness (QED) is 0.865. The lowest BCUT2D eigenvalue weighted by Gasteiger charge is -2.33. The highest BCUT2D eigenvalue weighted by atomic mass is 35.5. The van der Waals surface area contributed by atoms with Crippen molar-refractivity contribution < 1.29 is 14.3 Å². The SMILES string of the molecule is O=C(NC1CC1)[C@H](O)C1CCN(Cc2ccc(F)cc2Cl)CC1. The van der Waals surface area contributed by atoms with Crippen LogP contribution in [0.3, 0.4) is 0 Å². The fourth-order valence-corrected chi connectivity index (χ4v) is 3.27. The van der Waals surface area contributed by atoms with E-state index in [-0.39, 0.29) is 23.7 Å². The van der Waals surface area contributed by atoms with E-state index in [1.165, 1.54) is 12.1 Å². The Morgan fingerprint density at radius 2 is 2.04 bits per heavy atom. The van der Waals surface area contributed by atoms with Crippen molar-refractivity contribution in [3.63, 3.8) is 0 Å². The van der Waals surface area contributed by atoms with Gasteiger partial charge < -0.3 is 10.4 Å². The van der Waals surface area contributed by atoms with Gasteiger partial charge in [-0.25, -0.2) is 4.39 Å². The van der Waals surface area contributed by atoms with E-state index in [1.807, 2.05) is 0 Å². The van der Waals surface area contributed by atoms with Gasteiger partial charge in [-0.15, -0.1) is 0 Å². The molecule has 4 nitrogen and oxygen atoms in total. The average molecular weight is 341 g/mol. The molecule has 0 aromatic heterocycles. The Bertz CT molecular complexity index is 572. The van der Waals surface area contributed by atoms with Gasteiger partial charge in [0.2, 0.25) is 5.91 Å². The first-order chi connectivity index (χ1) is 11.0. The van der Waals surface area contributed by atoms with E-state index in [0.717, 1.165) is 44.3 Å². The lowest BCUT2D eigenvalue weighted by atomic mass is 9.90. The molecule has 1 saturated heterocycles. The van der Waals surface area contributed by atoms with E-state index >= 15 is 0 Å². The third-order valence-corrected chi connectivity index (χ3v) is 5.03. The predicted molar refractivity (Wildman–Crippen MR) is 86.6 cm³/mol. The van der Waals surface area contributed by atoms with Crippen LogP contribution in [-0.2, 0) is 11.3 Å². The van der Waals surface area contributed by atoms with Gasteiger partial charge in [-0.3, -0.25) is 9.69 Å². The summed E-state index contributed by atoms with van der Waals surface area (Å²) < 4.78 is 13.1. The summed E-state index contributed by atoms with van der Waals surface area (Å²) in [6.45, 7) is 2.26. The number of benzene rings is 1. The number of hydrogen-bond donors (Lipinski definition) is 2. The van der Waals surface area contributed by atoms with Crippen LogP contribution in [0.15, 0.2) is 18.2 Å². The van der Waals surface area contributed by atoms with E-state index in [2.05, 4.69) is 10.2 Å². The zero-order chi connectivity index (χ0) is 16.4. The molecule has 0 unspecified atom stereocenters. The Hall–Kier alpha value is -1.17. The van der Waals surface area contributed by atoms with Crippen LogP contribution in [0.2, 0.25) is 5.02 Å². The van der Waals surface area contributed by atoms with Gasteiger partial charge in [-0.05, 0) is 62.4 Å². The highest BCUT2D eigenvalue weighted by Crippen LogP contribution is 2.26. The van der Waals surface area contributed by atoms with Gasteiger partial charge in [0.1, 0.15) is 11.9 Å². The number of carbonyl (C=O) groups is 1. The smallest absolute Gasteiger partial charge is 0.249 e. The summed E-state index contributed by atoms with van der Waals surface area (Å²) in [4.78, 5) is 14.1. The van der Waals surface area contributed by atoms with Gasteiger partial charge in [-0.1, -0.05) is 17.7 Å². The molecular formula is C17H22ClFN2O2. The maximum absolute atomic E-state index is 13.1. The second-order valence-electron chi connectivity index (χ2n) is 6.58. The summed E-state index contributed by atoms with van der Waals surface area (Å²) in [7, 11) is 0. The molecule has 0 radical (unpaired) electrons. The molecule has 6 heteroatoms. The van der Waals surface area contributed by atoms with Crippen molar-refractivity contribution in [1.82, 2.24) is 10.2 Å². The molecule has 1 aliphatic heterocycles. The number of nitrogens with one attached hydrogen (secondary N) is 1. The fourth-order valence-electron chi connectivity index (χ4n) is 3.05. The molecule has 1 aromatic carbocycles. The zero-order valence-electron chi connectivity index (χ0n) is 13.0. The predicted octanol–water partition coefficient (Wildman–Crippen LogP) is 2.33. The van der Waals surface area contributed by atoms with Crippen LogP contribution in [0.4, 0.5) is 4.39 Å². The van der Waals surface area contributed by atoms with E-state index < -0.39 is 6.10 Å². The Balaban J connectivity index is 1.48. The molecule has 2 aliphatic rings. The van der Waals surface area contributed by atoms with Crippen molar-refractivity contribution in [2.45, 2.75) is 44.4 Å². The van der Waals surface area contributed by atoms with Gasteiger partial charge in [0, 0.05) is 17.6 Å². The molecule has 3 rings (SSSR count). The molecule has 0 spiro atoms.